The van der Waals surface area contributed by atoms with Gasteiger partial charge in [-0.25, -0.2) is 0 Å². The highest BCUT2D eigenvalue weighted by Gasteiger charge is 2.20. The molecular formula is C22H28N2O2. The molecule has 0 atom stereocenters. The second kappa shape index (κ2) is 7.73. The highest BCUT2D eigenvalue weighted by molar-refractivity contribution is 6.02. The fourth-order valence-electron chi connectivity index (χ4n) is 2.86. The molecule has 0 aliphatic carbocycles. The maximum atomic E-state index is 12.6. The number of nitrogens with zero attached hydrogens (tertiary/aromatic N) is 1. The molecule has 0 unspecified atom stereocenters. The quantitative estimate of drug-likeness (QED) is 0.875. The van der Waals surface area contributed by atoms with Crippen LogP contribution in [0.25, 0.3) is 0 Å². The van der Waals surface area contributed by atoms with Crippen LogP contribution in [0.3, 0.4) is 0 Å². The molecule has 0 radical (unpaired) electrons. The van der Waals surface area contributed by atoms with E-state index in [2.05, 4.69) is 26.1 Å². The Morgan fingerprint density at radius 3 is 2.23 bits per heavy atom. The minimum atomic E-state index is -0.213. The third-order valence-corrected chi connectivity index (χ3v) is 4.49. The summed E-state index contributed by atoms with van der Waals surface area (Å²) in [5.41, 5.74) is 4.74. The van der Waals surface area contributed by atoms with Crippen molar-refractivity contribution in [3.8, 4) is 0 Å². The maximum absolute atomic E-state index is 12.6. The predicted octanol–water partition coefficient (Wildman–Crippen LogP) is 4.59. The summed E-state index contributed by atoms with van der Waals surface area (Å²) in [7, 11) is 0. The van der Waals surface area contributed by atoms with Gasteiger partial charge < -0.3 is 10.2 Å². The highest BCUT2D eigenvalue weighted by atomic mass is 16.2. The van der Waals surface area contributed by atoms with Gasteiger partial charge in [-0.15, -0.1) is 0 Å². The number of carbonyl (C=O) groups excluding carboxylic acids is 2. The maximum Gasteiger partial charge on any atom is 0.244 e. The fourth-order valence-corrected chi connectivity index (χ4v) is 2.86. The Kier molecular flexibility index (Phi) is 5.86. The summed E-state index contributed by atoms with van der Waals surface area (Å²) in [5.74, 6) is -0.373. The molecule has 4 nitrogen and oxygen atoms in total. The molecule has 2 aromatic rings. The molecule has 0 saturated carbocycles. The number of nitrogens with one attached hydrogen (secondary N) is 1. The molecule has 0 saturated heterocycles. The normalized spacial score (nSPS) is 11.2. The number of hydrogen-bond donors (Lipinski definition) is 1. The van der Waals surface area contributed by atoms with Crippen molar-refractivity contribution in [2.24, 2.45) is 0 Å². The Hall–Kier alpha value is -2.62. The summed E-state index contributed by atoms with van der Waals surface area (Å²) in [6.07, 6.45) is 0. The van der Waals surface area contributed by atoms with Crippen molar-refractivity contribution in [3.63, 3.8) is 0 Å². The number of benzene rings is 2. The molecule has 0 bridgehead atoms. The summed E-state index contributed by atoms with van der Waals surface area (Å²) in [5, 5.41) is 2.97. The van der Waals surface area contributed by atoms with Crippen LogP contribution in [0.2, 0.25) is 0 Å². The van der Waals surface area contributed by atoms with E-state index in [4.69, 9.17) is 0 Å². The SMILES string of the molecule is CC(=O)N(CC(=O)Nc1ccccc1C(C)(C)C)c1ccc(C)c(C)c1. The molecule has 0 aliphatic rings. The topological polar surface area (TPSA) is 49.4 Å². The van der Waals surface area contributed by atoms with Crippen molar-refractivity contribution in [1.29, 1.82) is 0 Å². The van der Waals surface area contributed by atoms with E-state index >= 15 is 0 Å². The molecule has 4 heteroatoms. The van der Waals surface area contributed by atoms with Gasteiger partial charge in [0.1, 0.15) is 6.54 Å². The molecule has 138 valence electrons. The number of aryl methyl sites for hydroxylation is 2. The van der Waals surface area contributed by atoms with Gasteiger partial charge in [0.15, 0.2) is 0 Å². The molecule has 0 fully saturated rings. The number of anilines is 2. The van der Waals surface area contributed by atoms with E-state index < -0.39 is 0 Å². The van der Waals surface area contributed by atoms with E-state index in [1.165, 1.54) is 11.8 Å². The average molecular weight is 352 g/mol. The van der Waals surface area contributed by atoms with Crippen molar-refractivity contribution >= 4 is 23.2 Å². The van der Waals surface area contributed by atoms with Gasteiger partial charge in [-0.05, 0) is 54.2 Å². The summed E-state index contributed by atoms with van der Waals surface area (Å²) < 4.78 is 0. The van der Waals surface area contributed by atoms with Gasteiger partial charge in [-0.3, -0.25) is 9.59 Å². The first kappa shape index (κ1) is 19.7. The van der Waals surface area contributed by atoms with E-state index in [-0.39, 0.29) is 23.8 Å². The summed E-state index contributed by atoms with van der Waals surface area (Å²) in [6, 6.07) is 13.6. The first-order valence-corrected chi connectivity index (χ1v) is 8.84. The van der Waals surface area contributed by atoms with Crippen molar-refractivity contribution in [3.05, 3.63) is 59.2 Å². The van der Waals surface area contributed by atoms with Crippen LogP contribution in [0.15, 0.2) is 42.5 Å². The zero-order valence-corrected chi connectivity index (χ0v) is 16.5. The van der Waals surface area contributed by atoms with Gasteiger partial charge in [0.05, 0.1) is 0 Å². The molecule has 2 rings (SSSR count). The van der Waals surface area contributed by atoms with Gasteiger partial charge in [0.25, 0.3) is 0 Å². The Bertz CT molecular complexity index is 819. The lowest BCUT2D eigenvalue weighted by molar-refractivity contribution is -0.120. The zero-order valence-electron chi connectivity index (χ0n) is 16.5. The number of hydrogen-bond acceptors (Lipinski definition) is 2. The van der Waals surface area contributed by atoms with Crippen LogP contribution in [0, 0.1) is 13.8 Å². The van der Waals surface area contributed by atoms with E-state index in [0.717, 1.165) is 28.1 Å². The van der Waals surface area contributed by atoms with Gasteiger partial charge in [-0.1, -0.05) is 45.0 Å². The minimum Gasteiger partial charge on any atom is -0.324 e. The molecular weight excluding hydrogens is 324 g/mol. The third kappa shape index (κ3) is 4.72. The van der Waals surface area contributed by atoms with Gasteiger partial charge in [0, 0.05) is 18.3 Å². The van der Waals surface area contributed by atoms with Crippen LogP contribution in [0.4, 0.5) is 11.4 Å². The minimum absolute atomic E-state index is 0.0175. The molecule has 1 N–H and O–H groups in total. The molecule has 2 aromatic carbocycles. The van der Waals surface area contributed by atoms with Crippen LogP contribution < -0.4 is 10.2 Å². The zero-order chi connectivity index (χ0) is 19.5. The van der Waals surface area contributed by atoms with Crippen molar-refractivity contribution < 1.29 is 9.59 Å². The molecule has 0 spiro atoms. The number of carbonyl (C=O) groups is 2. The smallest absolute Gasteiger partial charge is 0.244 e. The van der Waals surface area contributed by atoms with Crippen LogP contribution in [0.1, 0.15) is 44.4 Å². The van der Waals surface area contributed by atoms with Gasteiger partial charge >= 0.3 is 0 Å². The second-order valence-corrected chi connectivity index (χ2v) is 7.72. The van der Waals surface area contributed by atoms with Crippen LogP contribution in [-0.4, -0.2) is 18.4 Å². The average Bonchev–Trinajstić information content (AvgIpc) is 2.54. The molecule has 0 heterocycles. The van der Waals surface area contributed by atoms with E-state index in [9.17, 15) is 9.59 Å². The lowest BCUT2D eigenvalue weighted by atomic mass is 9.86. The van der Waals surface area contributed by atoms with Crippen LogP contribution in [-0.2, 0) is 15.0 Å². The highest BCUT2D eigenvalue weighted by Crippen LogP contribution is 2.29. The van der Waals surface area contributed by atoms with E-state index in [1.807, 2.05) is 56.3 Å². The predicted molar refractivity (Wildman–Crippen MR) is 108 cm³/mol. The standard InChI is InChI=1S/C22H28N2O2/c1-15-11-12-18(13-16(15)2)24(17(3)25)14-21(26)23-20-10-8-7-9-19(20)22(4,5)6/h7-13H,14H2,1-6H3,(H,23,26). The Morgan fingerprint density at radius 2 is 1.65 bits per heavy atom. The largest absolute Gasteiger partial charge is 0.324 e. The third-order valence-electron chi connectivity index (χ3n) is 4.49. The molecule has 26 heavy (non-hydrogen) atoms. The second-order valence-electron chi connectivity index (χ2n) is 7.72. The lowest BCUT2D eigenvalue weighted by Crippen LogP contribution is -2.37. The monoisotopic (exact) mass is 352 g/mol. The Labute approximate surface area is 156 Å². The van der Waals surface area contributed by atoms with Gasteiger partial charge in [-0.2, -0.15) is 0 Å². The first-order chi connectivity index (χ1) is 12.1. The summed E-state index contributed by atoms with van der Waals surface area (Å²) in [4.78, 5) is 26.2. The van der Waals surface area contributed by atoms with Crippen molar-refractivity contribution in [2.75, 3.05) is 16.8 Å². The summed E-state index contributed by atoms with van der Waals surface area (Å²) in [6.45, 7) is 11.8. The molecule has 0 aromatic heterocycles. The van der Waals surface area contributed by atoms with E-state index in [1.54, 1.807) is 0 Å². The Balaban J connectivity index is 2.22. The number of amides is 2. The fraction of sp³-hybridized carbons (Fsp3) is 0.364. The molecule has 2 amide bonds. The van der Waals surface area contributed by atoms with Gasteiger partial charge in [0.2, 0.25) is 11.8 Å². The lowest BCUT2D eigenvalue weighted by Gasteiger charge is -2.25. The Morgan fingerprint density at radius 1 is 1.00 bits per heavy atom. The van der Waals surface area contributed by atoms with Crippen LogP contribution in [0.5, 0.6) is 0 Å². The van der Waals surface area contributed by atoms with E-state index in [0.29, 0.717) is 0 Å². The van der Waals surface area contributed by atoms with Crippen molar-refractivity contribution in [1.82, 2.24) is 0 Å². The number of rotatable bonds is 4. The van der Waals surface area contributed by atoms with Crippen molar-refractivity contribution in [2.45, 2.75) is 47.0 Å². The van der Waals surface area contributed by atoms with Crippen LogP contribution >= 0.6 is 0 Å². The molecule has 0 aliphatic heterocycles. The summed E-state index contributed by atoms with van der Waals surface area (Å²) >= 11 is 0. The number of para-hydroxylation sites is 1. The first-order valence-electron chi connectivity index (χ1n) is 8.84.